The molecule has 3 aromatic heterocycles. The first-order chi connectivity index (χ1) is 16.3. The summed E-state index contributed by atoms with van der Waals surface area (Å²) in [7, 11) is 0. The van der Waals surface area contributed by atoms with Crippen LogP contribution < -0.4 is 0 Å². The summed E-state index contributed by atoms with van der Waals surface area (Å²) >= 11 is 0. The Balaban J connectivity index is 1.61. The molecule has 3 heterocycles. The molecule has 0 aliphatic rings. The highest BCUT2D eigenvalue weighted by Gasteiger charge is 2.21. The highest BCUT2D eigenvalue weighted by Crippen LogP contribution is 2.40. The summed E-state index contributed by atoms with van der Waals surface area (Å²) < 4.78 is 12.3. The Morgan fingerprint density at radius 3 is 2.47 bits per heavy atom. The van der Waals surface area contributed by atoms with Gasteiger partial charge in [0.05, 0.1) is 6.26 Å². The molecule has 0 atom stereocenters. The predicted molar refractivity (Wildman–Crippen MR) is 141 cm³/mol. The lowest BCUT2D eigenvalue weighted by Crippen LogP contribution is -2.12. The van der Waals surface area contributed by atoms with E-state index >= 15 is 0 Å². The second-order valence-corrected chi connectivity index (χ2v) is 10.8. The van der Waals surface area contributed by atoms with Gasteiger partial charge in [-0.05, 0) is 63.9 Å². The zero-order chi connectivity index (χ0) is 23.6. The Morgan fingerprint density at radius 1 is 0.853 bits per heavy atom. The fourth-order valence-electron chi connectivity index (χ4n) is 5.15. The van der Waals surface area contributed by atoms with Crippen molar-refractivity contribution < 1.29 is 8.83 Å². The first-order valence-corrected chi connectivity index (χ1v) is 12.0. The van der Waals surface area contributed by atoms with E-state index in [1.165, 1.54) is 27.3 Å². The van der Waals surface area contributed by atoms with Crippen LogP contribution in [-0.4, -0.2) is 4.98 Å². The standard InChI is InChI=1S/C31H29NO2/c1-18(2)12-21-17-33-27-16-28-25(15-24(21)27)23-10-11-32-29(30(23)34-28)20-13-19-8-6-7-9-22(19)26(14-20)31(3,4)5/h6-11,13-18H,12H2,1-5H3. The Bertz CT molecular complexity index is 1690. The number of rotatable bonds is 3. The van der Waals surface area contributed by atoms with Gasteiger partial charge in [0.2, 0.25) is 0 Å². The zero-order valence-corrected chi connectivity index (χ0v) is 20.4. The van der Waals surface area contributed by atoms with E-state index in [9.17, 15) is 0 Å². The minimum atomic E-state index is 0.00861. The van der Waals surface area contributed by atoms with Gasteiger partial charge < -0.3 is 8.83 Å². The van der Waals surface area contributed by atoms with Gasteiger partial charge in [-0.2, -0.15) is 0 Å². The molecule has 34 heavy (non-hydrogen) atoms. The monoisotopic (exact) mass is 447 g/mol. The molecule has 3 heteroatoms. The SMILES string of the molecule is CC(C)Cc1coc2cc3oc4c(-c5cc(C(C)(C)C)c6ccccc6c5)nccc4c3cc12. The minimum Gasteiger partial charge on any atom is -0.464 e. The zero-order valence-electron chi connectivity index (χ0n) is 20.4. The van der Waals surface area contributed by atoms with Crippen molar-refractivity contribution in [3.63, 3.8) is 0 Å². The normalized spacial score (nSPS) is 12.6. The maximum Gasteiger partial charge on any atom is 0.161 e. The summed E-state index contributed by atoms with van der Waals surface area (Å²) in [5, 5.41) is 5.87. The van der Waals surface area contributed by atoms with E-state index in [-0.39, 0.29) is 5.41 Å². The van der Waals surface area contributed by atoms with Crippen molar-refractivity contribution in [3.05, 3.63) is 78.2 Å². The summed E-state index contributed by atoms with van der Waals surface area (Å²) in [6.07, 6.45) is 4.78. The van der Waals surface area contributed by atoms with E-state index in [1.54, 1.807) is 0 Å². The topological polar surface area (TPSA) is 39.2 Å². The largest absolute Gasteiger partial charge is 0.464 e. The van der Waals surface area contributed by atoms with Crippen molar-refractivity contribution in [1.29, 1.82) is 0 Å². The van der Waals surface area contributed by atoms with E-state index in [1.807, 2.05) is 18.5 Å². The van der Waals surface area contributed by atoms with Crippen LogP contribution in [0.15, 0.2) is 75.9 Å². The summed E-state index contributed by atoms with van der Waals surface area (Å²) in [6, 6.07) is 19.4. The molecule has 0 saturated heterocycles. The van der Waals surface area contributed by atoms with Gasteiger partial charge in [-0.3, -0.25) is 4.98 Å². The van der Waals surface area contributed by atoms with Gasteiger partial charge in [-0.1, -0.05) is 58.9 Å². The third-order valence-corrected chi connectivity index (χ3v) is 6.73. The Kier molecular flexibility index (Phi) is 4.60. The van der Waals surface area contributed by atoms with E-state index in [4.69, 9.17) is 13.8 Å². The Morgan fingerprint density at radius 2 is 1.68 bits per heavy atom. The van der Waals surface area contributed by atoms with Gasteiger partial charge in [-0.25, -0.2) is 0 Å². The molecule has 0 fully saturated rings. The molecule has 0 aliphatic heterocycles. The molecule has 170 valence electrons. The van der Waals surface area contributed by atoms with Gasteiger partial charge in [0.1, 0.15) is 16.9 Å². The molecule has 6 aromatic rings. The molecule has 0 aliphatic carbocycles. The second-order valence-electron chi connectivity index (χ2n) is 10.8. The molecule has 0 saturated carbocycles. The number of hydrogen-bond acceptors (Lipinski definition) is 3. The number of aromatic nitrogens is 1. The van der Waals surface area contributed by atoms with Gasteiger partial charge in [0, 0.05) is 34.0 Å². The number of fused-ring (bicyclic) bond motifs is 5. The minimum absolute atomic E-state index is 0.00861. The number of pyridine rings is 1. The molecule has 3 nitrogen and oxygen atoms in total. The van der Waals surface area contributed by atoms with Gasteiger partial charge >= 0.3 is 0 Å². The summed E-state index contributed by atoms with van der Waals surface area (Å²) in [5.41, 5.74) is 7.06. The molecular formula is C31H29NO2. The van der Waals surface area contributed by atoms with E-state index in [0.717, 1.165) is 45.2 Å². The molecule has 0 radical (unpaired) electrons. The van der Waals surface area contributed by atoms with Crippen LogP contribution in [0.25, 0.3) is 54.9 Å². The van der Waals surface area contributed by atoms with E-state index in [2.05, 4.69) is 83.1 Å². The number of nitrogens with zero attached hydrogens (tertiary/aromatic N) is 1. The van der Waals surface area contributed by atoms with Crippen LogP contribution in [0.3, 0.4) is 0 Å². The molecule has 0 N–H and O–H groups in total. The van der Waals surface area contributed by atoms with Crippen LogP contribution in [0.4, 0.5) is 0 Å². The van der Waals surface area contributed by atoms with Crippen molar-refractivity contribution in [2.24, 2.45) is 5.92 Å². The maximum atomic E-state index is 6.45. The average Bonchev–Trinajstić information content (AvgIpc) is 3.36. The molecule has 0 spiro atoms. The van der Waals surface area contributed by atoms with Crippen LogP contribution in [0, 0.1) is 5.92 Å². The fourth-order valence-corrected chi connectivity index (χ4v) is 5.15. The quantitative estimate of drug-likeness (QED) is 0.272. The molecule has 0 amide bonds. The lowest BCUT2D eigenvalue weighted by Gasteiger charge is -2.22. The second kappa shape index (κ2) is 7.46. The fraction of sp³-hybridized carbons (Fsp3) is 0.258. The van der Waals surface area contributed by atoms with E-state index < -0.39 is 0 Å². The van der Waals surface area contributed by atoms with Crippen LogP contribution in [0.5, 0.6) is 0 Å². The number of benzene rings is 3. The van der Waals surface area contributed by atoms with Gasteiger partial charge in [0.15, 0.2) is 5.58 Å². The lowest BCUT2D eigenvalue weighted by atomic mass is 9.82. The first kappa shape index (κ1) is 21.0. The van der Waals surface area contributed by atoms with Crippen molar-refractivity contribution in [3.8, 4) is 11.3 Å². The molecule has 0 unspecified atom stereocenters. The van der Waals surface area contributed by atoms with Crippen molar-refractivity contribution >= 4 is 43.7 Å². The van der Waals surface area contributed by atoms with Crippen molar-refractivity contribution in [2.45, 2.75) is 46.5 Å². The van der Waals surface area contributed by atoms with Crippen LogP contribution in [-0.2, 0) is 11.8 Å². The summed E-state index contributed by atoms with van der Waals surface area (Å²) in [6.45, 7) is 11.3. The maximum absolute atomic E-state index is 6.45. The highest BCUT2D eigenvalue weighted by molar-refractivity contribution is 6.12. The van der Waals surface area contributed by atoms with Gasteiger partial charge in [0.25, 0.3) is 0 Å². The number of furan rings is 2. The van der Waals surface area contributed by atoms with Crippen LogP contribution >= 0.6 is 0 Å². The third kappa shape index (κ3) is 3.30. The Labute approximate surface area is 199 Å². The van der Waals surface area contributed by atoms with Crippen molar-refractivity contribution in [1.82, 2.24) is 4.98 Å². The smallest absolute Gasteiger partial charge is 0.161 e. The third-order valence-electron chi connectivity index (χ3n) is 6.73. The molecule has 3 aromatic carbocycles. The first-order valence-electron chi connectivity index (χ1n) is 12.0. The van der Waals surface area contributed by atoms with Crippen LogP contribution in [0.2, 0.25) is 0 Å². The van der Waals surface area contributed by atoms with Crippen LogP contribution in [0.1, 0.15) is 45.7 Å². The van der Waals surface area contributed by atoms with Gasteiger partial charge in [-0.15, -0.1) is 0 Å². The Hall–Kier alpha value is -3.59. The number of hydrogen-bond donors (Lipinski definition) is 0. The molecule has 0 bridgehead atoms. The molecule has 6 rings (SSSR count). The lowest BCUT2D eigenvalue weighted by molar-refractivity contribution is 0.593. The average molecular weight is 448 g/mol. The highest BCUT2D eigenvalue weighted by atomic mass is 16.3. The van der Waals surface area contributed by atoms with E-state index in [0.29, 0.717) is 5.92 Å². The molecular weight excluding hydrogens is 418 g/mol. The summed E-state index contributed by atoms with van der Waals surface area (Å²) in [4.78, 5) is 4.80. The predicted octanol–water partition coefficient (Wildman–Crippen LogP) is 9.04. The van der Waals surface area contributed by atoms with Crippen molar-refractivity contribution in [2.75, 3.05) is 0 Å². The summed E-state index contributed by atoms with van der Waals surface area (Å²) in [5.74, 6) is 0.568.